The molecule has 132 valence electrons. The Hall–Kier alpha value is -1.42. The van der Waals surface area contributed by atoms with Crippen molar-refractivity contribution in [3.63, 3.8) is 0 Å². The maximum atomic E-state index is 11.4. The maximum absolute atomic E-state index is 11.4. The van der Waals surface area contributed by atoms with E-state index in [2.05, 4.69) is 10.6 Å². The Kier molecular flexibility index (Phi) is 11.3. The van der Waals surface area contributed by atoms with Crippen molar-refractivity contribution in [2.45, 2.75) is 50.9 Å². The van der Waals surface area contributed by atoms with Gasteiger partial charge in [0.05, 0.1) is 18.2 Å². The zero-order valence-electron chi connectivity index (χ0n) is 13.0. The van der Waals surface area contributed by atoms with Gasteiger partial charge in [0, 0.05) is 24.6 Å². The summed E-state index contributed by atoms with van der Waals surface area (Å²) in [4.78, 5) is 43.6. The summed E-state index contributed by atoms with van der Waals surface area (Å²) in [7, 11) is 2.86. The Morgan fingerprint density at radius 2 is 1.35 bits per heavy atom. The lowest BCUT2D eigenvalue weighted by Crippen LogP contribution is -2.34. The summed E-state index contributed by atoms with van der Waals surface area (Å²) in [6.45, 7) is 3.59. The number of hydrogen-bond donors (Lipinski definition) is 4. The summed E-state index contributed by atoms with van der Waals surface area (Å²) in [6, 6.07) is -0.122. The molecule has 0 aliphatic carbocycles. The molecule has 0 aliphatic heterocycles. The monoisotopic (exact) mass is 366 g/mol. The van der Waals surface area contributed by atoms with E-state index >= 15 is 0 Å². The summed E-state index contributed by atoms with van der Waals surface area (Å²) in [5, 5.41) is 22.1. The molecular formula is C13H22N2O6S2. The lowest BCUT2D eigenvalue weighted by Gasteiger charge is -2.16. The lowest BCUT2D eigenvalue weighted by molar-refractivity contribution is -0.139. The summed E-state index contributed by atoms with van der Waals surface area (Å²) in [6.07, 6.45) is -0.496. The normalized spacial score (nSPS) is 13.0. The Labute approximate surface area is 142 Å². The molecule has 0 bridgehead atoms. The number of carbonyl (C=O) groups is 4. The quantitative estimate of drug-likeness (QED) is 0.298. The van der Waals surface area contributed by atoms with E-state index in [0.717, 1.165) is 0 Å². The fraction of sp³-hybridized carbons (Fsp3) is 0.692. The van der Waals surface area contributed by atoms with Gasteiger partial charge >= 0.3 is 11.9 Å². The third-order valence-electron chi connectivity index (χ3n) is 2.43. The van der Waals surface area contributed by atoms with E-state index in [1.165, 1.54) is 21.6 Å². The van der Waals surface area contributed by atoms with Gasteiger partial charge in [0.15, 0.2) is 0 Å². The molecule has 8 nitrogen and oxygen atoms in total. The van der Waals surface area contributed by atoms with Crippen molar-refractivity contribution >= 4 is 45.3 Å². The van der Waals surface area contributed by atoms with Gasteiger partial charge in [-0.25, -0.2) is 0 Å². The van der Waals surface area contributed by atoms with E-state index in [9.17, 15) is 19.2 Å². The molecule has 2 unspecified atom stereocenters. The number of hydrogen-bond acceptors (Lipinski definition) is 6. The van der Waals surface area contributed by atoms with Crippen LogP contribution in [0.3, 0.4) is 0 Å². The van der Waals surface area contributed by atoms with Crippen LogP contribution in [0.25, 0.3) is 0 Å². The topological polar surface area (TPSA) is 133 Å². The second-order valence-corrected chi connectivity index (χ2v) is 7.60. The third kappa shape index (κ3) is 13.9. The lowest BCUT2D eigenvalue weighted by atomic mass is 10.3. The molecule has 0 fully saturated rings. The predicted octanol–water partition coefficient (Wildman–Crippen LogP) is 1.06. The predicted molar refractivity (Wildman–Crippen MR) is 89.0 cm³/mol. The first-order valence-electron chi connectivity index (χ1n) is 7.01. The van der Waals surface area contributed by atoms with Gasteiger partial charge in [0.25, 0.3) is 0 Å². The van der Waals surface area contributed by atoms with Crippen molar-refractivity contribution in [3.8, 4) is 0 Å². The molecule has 2 atom stereocenters. The molecule has 0 saturated heterocycles. The van der Waals surface area contributed by atoms with Crippen molar-refractivity contribution in [2.75, 3.05) is 5.75 Å². The molecule has 23 heavy (non-hydrogen) atoms. The largest absolute Gasteiger partial charge is 0.481 e. The van der Waals surface area contributed by atoms with E-state index < -0.39 is 11.9 Å². The first-order chi connectivity index (χ1) is 10.7. The third-order valence-corrected chi connectivity index (χ3v) is 5.30. The van der Waals surface area contributed by atoms with Gasteiger partial charge in [-0.2, -0.15) is 0 Å². The maximum Gasteiger partial charge on any atom is 0.303 e. The molecule has 0 radical (unpaired) electrons. The molecule has 2 amide bonds. The SMILES string of the molecule is CC(CSSC(C)NC(=O)CCC(=O)O)NC(=O)CCC(=O)O. The molecule has 0 saturated carbocycles. The van der Waals surface area contributed by atoms with Gasteiger partial charge in [-0.15, -0.1) is 0 Å². The van der Waals surface area contributed by atoms with Crippen molar-refractivity contribution in [1.29, 1.82) is 0 Å². The van der Waals surface area contributed by atoms with Gasteiger partial charge in [0.2, 0.25) is 11.8 Å². The zero-order chi connectivity index (χ0) is 17.8. The number of aliphatic carboxylic acids is 2. The molecule has 0 aromatic heterocycles. The minimum atomic E-state index is -1.01. The molecule has 0 aliphatic rings. The molecule has 4 N–H and O–H groups in total. The van der Waals surface area contributed by atoms with Crippen molar-refractivity contribution in [2.24, 2.45) is 0 Å². The zero-order valence-corrected chi connectivity index (χ0v) is 14.7. The van der Waals surface area contributed by atoms with Crippen LogP contribution in [0.1, 0.15) is 39.5 Å². The van der Waals surface area contributed by atoms with Crippen LogP contribution in [0.15, 0.2) is 0 Å². The average molecular weight is 366 g/mol. The van der Waals surface area contributed by atoms with Crippen LogP contribution in [-0.4, -0.2) is 51.1 Å². The van der Waals surface area contributed by atoms with Crippen molar-refractivity contribution < 1.29 is 29.4 Å². The average Bonchev–Trinajstić information content (AvgIpc) is 2.42. The molecule has 0 heterocycles. The number of rotatable bonds is 12. The second kappa shape index (κ2) is 12.1. The summed E-state index contributed by atoms with van der Waals surface area (Å²) in [5.41, 5.74) is 0. The highest BCUT2D eigenvalue weighted by atomic mass is 33.1. The molecule has 0 spiro atoms. The highest BCUT2D eigenvalue weighted by molar-refractivity contribution is 8.76. The number of carboxylic acid groups (broad SMARTS) is 2. The van der Waals surface area contributed by atoms with Gasteiger partial charge in [-0.05, 0) is 13.8 Å². The van der Waals surface area contributed by atoms with Crippen LogP contribution < -0.4 is 10.6 Å². The van der Waals surface area contributed by atoms with Crippen LogP contribution in [0.5, 0.6) is 0 Å². The van der Waals surface area contributed by atoms with Crippen LogP contribution in [0.4, 0.5) is 0 Å². The number of amides is 2. The van der Waals surface area contributed by atoms with Crippen LogP contribution in [-0.2, 0) is 19.2 Å². The molecular weight excluding hydrogens is 344 g/mol. The van der Waals surface area contributed by atoms with Crippen molar-refractivity contribution in [1.82, 2.24) is 10.6 Å². The fourth-order valence-corrected chi connectivity index (χ4v) is 3.75. The smallest absolute Gasteiger partial charge is 0.303 e. The van der Waals surface area contributed by atoms with Crippen LogP contribution in [0, 0.1) is 0 Å². The Bertz CT molecular complexity index is 395. The van der Waals surface area contributed by atoms with Gasteiger partial charge in [-0.1, -0.05) is 21.6 Å². The molecule has 10 heteroatoms. The second-order valence-electron chi connectivity index (χ2n) is 4.85. The Morgan fingerprint density at radius 1 is 0.870 bits per heavy atom. The van der Waals surface area contributed by atoms with Gasteiger partial charge in [-0.3, -0.25) is 19.2 Å². The van der Waals surface area contributed by atoms with E-state index in [-0.39, 0.29) is 48.9 Å². The molecule has 0 aromatic carbocycles. The fourth-order valence-electron chi connectivity index (χ4n) is 1.40. The van der Waals surface area contributed by atoms with E-state index in [0.29, 0.717) is 5.75 Å². The van der Waals surface area contributed by atoms with E-state index in [1.54, 1.807) is 6.92 Å². The number of carbonyl (C=O) groups excluding carboxylic acids is 2. The summed E-state index contributed by atoms with van der Waals surface area (Å²) < 4.78 is 0. The standard InChI is InChI=1S/C13H22N2O6S2/c1-8(14-10(16)3-5-12(18)19)7-22-23-9(2)15-11(17)4-6-13(20)21/h8-9H,3-7H2,1-2H3,(H,14,16)(H,15,17)(H,18,19)(H,20,21). The van der Waals surface area contributed by atoms with Gasteiger partial charge in [0.1, 0.15) is 0 Å². The summed E-state index contributed by atoms with van der Waals surface area (Å²) >= 11 is 0. The van der Waals surface area contributed by atoms with E-state index in [1.807, 2.05) is 6.92 Å². The van der Waals surface area contributed by atoms with Gasteiger partial charge < -0.3 is 20.8 Å². The van der Waals surface area contributed by atoms with Crippen LogP contribution >= 0.6 is 21.6 Å². The minimum Gasteiger partial charge on any atom is -0.481 e. The molecule has 0 rings (SSSR count). The first-order valence-corrected chi connectivity index (χ1v) is 9.39. The highest BCUT2D eigenvalue weighted by Crippen LogP contribution is 2.25. The number of carboxylic acids is 2. The highest BCUT2D eigenvalue weighted by Gasteiger charge is 2.12. The Balaban J connectivity index is 3.79. The van der Waals surface area contributed by atoms with Crippen molar-refractivity contribution in [3.05, 3.63) is 0 Å². The molecule has 0 aromatic rings. The number of nitrogens with one attached hydrogen (secondary N) is 2. The van der Waals surface area contributed by atoms with E-state index in [4.69, 9.17) is 10.2 Å². The van der Waals surface area contributed by atoms with Crippen LogP contribution in [0.2, 0.25) is 0 Å². The first kappa shape index (κ1) is 21.6. The summed E-state index contributed by atoms with van der Waals surface area (Å²) in [5.74, 6) is -2.05. The minimum absolute atomic E-state index is 0.0481. The Morgan fingerprint density at radius 3 is 1.83 bits per heavy atom.